The van der Waals surface area contributed by atoms with Gasteiger partial charge in [-0.15, -0.1) is 0 Å². The van der Waals surface area contributed by atoms with Gasteiger partial charge in [0.1, 0.15) is 12.2 Å². The molecule has 10 heteroatoms. The molecule has 9 nitrogen and oxygen atoms in total. The van der Waals surface area contributed by atoms with E-state index in [-0.39, 0.29) is 0 Å². The molecule has 0 radical (unpaired) electrons. The minimum absolute atomic E-state index is 1.02. The lowest BCUT2D eigenvalue weighted by Crippen LogP contribution is -2.72. The Morgan fingerprint density at radius 3 is 2.25 bits per heavy atom. The Labute approximate surface area is 91.2 Å². The van der Waals surface area contributed by atoms with Crippen LogP contribution in [-0.4, -0.2) is 63.7 Å². The van der Waals surface area contributed by atoms with Crippen molar-refractivity contribution >= 4 is 10.3 Å². The number of hydrogen-bond acceptors (Lipinski definition) is 7. The van der Waals surface area contributed by atoms with E-state index in [1.807, 2.05) is 0 Å². The van der Waals surface area contributed by atoms with E-state index in [4.69, 9.17) is 4.55 Å². The molecule has 0 aliphatic carbocycles. The second-order valence-corrected chi connectivity index (χ2v) is 4.69. The molecule has 5 atom stereocenters. The largest absolute Gasteiger partial charge is 0.388 e. The van der Waals surface area contributed by atoms with Crippen molar-refractivity contribution in [3.8, 4) is 0 Å². The van der Waals surface area contributed by atoms with Crippen molar-refractivity contribution in [3.63, 3.8) is 0 Å². The van der Waals surface area contributed by atoms with Crippen LogP contribution in [0.15, 0.2) is 0 Å². The molecule has 1 aliphatic rings. The molecule has 0 saturated carbocycles. The summed E-state index contributed by atoms with van der Waals surface area (Å²) in [5.74, 6) is 0. The molecule has 1 rings (SSSR count). The lowest BCUT2D eigenvalue weighted by atomic mass is 9.95. The average Bonchev–Trinajstić information content (AvgIpc) is 2.10. The van der Waals surface area contributed by atoms with Crippen molar-refractivity contribution in [2.24, 2.45) is 0 Å². The zero-order valence-corrected chi connectivity index (χ0v) is 8.99. The van der Waals surface area contributed by atoms with E-state index in [2.05, 4.69) is 4.74 Å². The summed E-state index contributed by atoms with van der Waals surface area (Å²) in [7, 11) is -4.90. The first-order chi connectivity index (χ1) is 7.08. The Hall–Kier alpha value is -0.330. The van der Waals surface area contributed by atoms with E-state index in [9.17, 15) is 28.8 Å². The predicted molar refractivity (Wildman–Crippen MR) is 48.2 cm³/mol. The first-order valence-corrected chi connectivity index (χ1v) is 5.70. The summed E-state index contributed by atoms with van der Waals surface area (Å²) in [6.07, 6.45) is -6.85. The van der Waals surface area contributed by atoms with E-state index in [1.54, 1.807) is 0 Å². The van der Waals surface area contributed by atoms with Gasteiger partial charge in [-0.3, -0.25) is 4.55 Å². The average molecular weight is 259 g/mol. The van der Waals surface area contributed by atoms with Crippen LogP contribution in [0.3, 0.4) is 0 Å². The summed E-state index contributed by atoms with van der Waals surface area (Å²) >= 11 is 0. The fraction of sp³-hybridized carbons (Fsp3) is 1.00. The summed E-state index contributed by atoms with van der Waals surface area (Å²) in [5, 5.41) is 37.6. The van der Waals surface area contributed by atoms with Gasteiger partial charge < -0.3 is 25.2 Å². The lowest BCUT2D eigenvalue weighted by Gasteiger charge is -2.44. The monoisotopic (exact) mass is 259 g/mol. The maximum absolute atomic E-state index is 10.5. The topological polar surface area (TPSA) is 157 Å². The zero-order valence-electron chi connectivity index (χ0n) is 8.18. The zero-order chi connectivity index (χ0) is 12.7. The SMILES string of the molecule is C[C@H]1O[C@@H](O)[C@@](O)(NS(=O)(=O)O)[C@@H](O)[C@@H]1O. The van der Waals surface area contributed by atoms with Gasteiger partial charge in [-0.25, -0.2) is 0 Å². The van der Waals surface area contributed by atoms with Crippen molar-refractivity contribution in [1.29, 1.82) is 0 Å². The minimum Gasteiger partial charge on any atom is -0.388 e. The standard InChI is InChI=1S/C6H13NO8S/c1-2-3(8)4(9)6(11,5(10)15-2)7-16(12,13)14/h2-5,7-11H,1H3,(H,12,13,14)/t2-,3-,4+,5-,6-/m1/s1. The normalized spacial score (nSPS) is 45.6. The molecule has 0 bridgehead atoms. The fourth-order valence-corrected chi connectivity index (χ4v) is 2.00. The summed E-state index contributed by atoms with van der Waals surface area (Å²) < 4.78 is 35.3. The number of nitrogens with one attached hydrogen (secondary N) is 1. The van der Waals surface area contributed by atoms with Gasteiger partial charge in [-0.1, -0.05) is 0 Å². The molecule has 0 spiro atoms. The van der Waals surface area contributed by atoms with Crippen molar-refractivity contribution < 1.29 is 38.1 Å². The van der Waals surface area contributed by atoms with Gasteiger partial charge in [0.05, 0.1) is 6.10 Å². The predicted octanol–water partition coefficient (Wildman–Crippen LogP) is -3.47. The third-order valence-corrected chi connectivity index (χ3v) is 2.85. The molecule has 0 aromatic heterocycles. The van der Waals surface area contributed by atoms with E-state index < -0.39 is 40.6 Å². The summed E-state index contributed by atoms with van der Waals surface area (Å²) in [5.41, 5.74) is -2.92. The van der Waals surface area contributed by atoms with Gasteiger partial charge in [0, 0.05) is 0 Å². The van der Waals surface area contributed by atoms with Crippen molar-refractivity contribution in [2.45, 2.75) is 37.3 Å². The van der Waals surface area contributed by atoms with Crippen LogP contribution in [0.2, 0.25) is 0 Å². The summed E-state index contributed by atoms with van der Waals surface area (Å²) in [4.78, 5) is 0. The lowest BCUT2D eigenvalue weighted by molar-refractivity contribution is -0.326. The molecular weight excluding hydrogens is 246 g/mol. The molecule has 1 saturated heterocycles. The van der Waals surface area contributed by atoms with Crippen molar-refractivity contribution in [2.75, 3.05) is 0 Å². The van der Waals surface area contributed by atoms with Crippen LogP contribution in [0.25, 0.3) is 0 Å². The van der Waals surface area contributed by atoms with Crippen LogP contribution >= 0.6 is 0 Å². The quantitative estimate of drug-likeness (QED) is 0.220. The molecule has 0 aromatic rings. The molecule has 1 fully saturated rings. The highest BCUT2D eigenvalue weighted by Crippen LogP contribution is 2.27. The number of rotatable bonds is 2. The Kier molecular flexibility index (Phi) is 3.57. The van der Waals surface area contributed by atoms with Crippen LogP contribution in [-0.2, 0) is 15.0 Å². The molecule has 16 heavy (non-hydrogen) atoms. The Morgan fingerprint density at radius 2 is 1.81 bits per heavy atom. The molecule has 0 aromatic carbocycles. The van der Waals surface area contributed by atoms with Crippen LogP contribution < -0.4 is 4.72 Å². The summed E-state index contributed by atoms with van der Waals surface area (Å²) in [6.45, 7) is 1.30. The van der Waals surface area contributed by atoms with Crippen LogP contribution in [0.4, 0.5) is 0 Å². The number of aliphatic hydroxyl groups excluding tert-OH is 3. The molecule has 0 amide bonds. The Balaban J connectivity index is 3.00. The molecule has 1 aliphatic heterocycles. The first-order valence-electron chi connectivity index (χ1n) is 4.26. The van der Waals surface area contributed by atoms with Crippen LogP contribution in [0, 0.1) is 0 Å². The fourth-order valence-electron chi connectivity index (χ4n) is 1.37. The van der Waals surface area contributed by atoms with E-state index in [0.29, 0.717) is 0 Å². The Bertz CT molecular complexity index is 358. The second kappa shape index (κ2) is 4.16. The molecule has 6 N–H and O–H groups in total. The third-order valence-electron chi connectivity index (χ3n) is 2.27. The first kappa shape index (κ1) is 13.7. The van der Waals surface area contributed by atoms with Gasteiger partial charge in [-0.2, -0.15) is 13.1 Å². The number of ether oxygens (including phenoxy) is 1. The molecule has 0 unspecified atom stereocenters. The Morgan fingerprint density at radius 1 is 1.31 bits per heavy atom. The van der Waals surface area contributed by atoms with E-state index in [0.717, 1.165) is 0 Å². The molecule has 1 heterocycles. The summed E-state index contributed by atoms with van der Waals surface area (Å²) in [6, 6.07) is 0. The highest BCUT2D eigenvalue weighted by Gasteiger charge is 2.55. The van der Waals surface area contributed by atoms with Gasteiger partial charge >= 0.3 is 10.3 Å². The second-order valence-electron chi connectivity index (χ2n) is 3.53. The highest BCUT2D eigenvalue weighted by atomic mass is 32.2. The van der Waals surface area contributed by atoms with Gasteiger partial charge in [0.25, 0.3) is 0 Å². The van der Waals surface area contributed by atoms with Gasteiger partial charge in [-0.05, 0) is 6.92 Å². The minimum atomic E-state index is -4.90. The maximum atomic E-state index is 10.5. The van der Waals surface area contributed by atoms with E-state index in [1.165, 1.54) is 11.6 Å². The molecule has 96 valence electrons. The van der Waals surface area contributed by atoms with Crippen LogP contribution in [0.1, 0.15) is 6.92 Å². The van der Waals surface area contributed by atoms with Gasteiger partial charge in [0.2, 0.25) is 12.0 Å². The van der Waals surface area contributed by atoms with E-state index >= 15 is 0 Å². The van der Waals surface area contributed by atoms with Crippen LogP contribution in [0.5, 0.6) is 0 Å². The molecular formula is C6H13NO8S. The van der Waals surface area contributed by atoms with Gasteiger partial charge in [0.15, 0.2) is 0 Å². The smallest absolute Gasteiger partial charge is 0.335 e. The number of hydrogen-bond donors (Lipinski definition) is 6. The third kappa shape index (κ3) is 2.49. The van der Waals surface area contributed by atoms with Crippen molar-refractivity contribution in [1.82, 2.24) is 4.72 Å². The highest BCUT2D eigenvalue weighted by molar-refractivity contribution is 7.83. The maximum Gasteiger partial charge on any atom is 0.335 e. The van der Waals surface area contributed by atoms with Crippen molar-refractivity contribution in [3.05, 3.63) is 0 Å². The number of aliphatic hydroxyl groups is 4.